The fraction of sp³-hybridized carbons (Fsp3) is 0.286. The Morgan fingerprint density at radius 2 is 1.89 bits per heavy atom. The SMILES string of the molecule is C/C(=C\c1oc2cc(C)c(C)cc2c1C)[N+](=O)[O-]. The number of allylic oxidation sites excluding steroid dienone is 1. The van der Waals surface area contributed by atoms with Crippen LogP contribution in [-0.2, 0) is 0 Å². The summed E-state index contributed by atoms with van der Waals surface area (Å²) in [6.07, 6.45) is 1.47. The molecule has 0 unspecified atom stereocenters. The summed E-state index contributed by atoms with van der Waals surface area (Å²) >= 11 is 0. The summed E-state index contributed by atoms with van der Waals surface area (Å²) in [6, 6.07) is 4.03. The van der Waals surface area contributed by atoms with Crippen molar-refractivity contribution in [3.63, 3.8) is 0 Å². The van der Waals surface area contributed by atoms with Gasteiger partial charge in [0, 0.05) is 17.9 Å². The Bertz CT molecular complexity index is 665. The molecule has 94 valence electrons. The van der Waals surface area contributed by atoms with E-state index in [1.54, 1.807) is 0 Å². The second kappa shape index (κ2) is 4.29. The highest BCUT2D eigenvalue weighted by atomic mass is 16.6. The summed E-state index contributed by atoms with van der Waals surface area (Å²) in [5.74, 6) is 0.559. The van der Waals surface area contributed by atoms with Gasteiger partial charge in [0.15, 0.2) is 0 Å². The first-order valence-corrected chi connectivity index (χ1v) is 5.73. The van der Waals surface area contributed by atoms with E-state index >= 15 is 0 Å². The second-order valence-corrected chi connectivity index (χ2v) is 4.57. The molecular weight excluding hydrogens is 230 g/mol. The van der Waals surface area contributed by atoms with Gasteiger partial charge in [-0.3, -0.25) is 10.1 Å². The van der Waals surface area contributed by atoms with Crippen LogP contribution < -0.4 is 0 Å². The molecule has 1 aromatic carbocycles. The molecule has 0 saturated carbocycles. The molecule has 18 heavy (non-hydrogen) atoms. The van der Waals surface area contributed by atoms with Crippen molar-refractivity contribution in [3.8, 4) is 0 Å². The van der Waals surface area contributed by atoms with Gasteiger partial charge in [-0.15, -0.1) is 0 Å². The Balaban J connectivity index is 2.65. The molecule has 1 heterocycles. The zero-order valence-corrected chi connectivity index (χ0v) is 10.9. The van der Waals surface area contributed by atoms with E-state index in [-0.39, 0.29) is 5.70 Å². The van der Waals surface area contributed by atoms with Crippen LogP contribution >= 0.6 is 0 Å². The van der Waals surface area contributed by atoms with E-state index in [9.17, 15) is 10.1 Å². The molecule has 0 fully saturated rings. The zero-order valence-electron chi connectivity index (χ0n) is 10.9. The van der Waals surface area contributed by atoms with E-state index in [0.29, 0.717) is 5.76 Å². The van der Waals surface area contributed by atoms with Crippen LogP contribution in [0.4, 0.5) is 0 Å². The quantitative estimate of drug-likeness (QED) is 0.593. The topological polar surface area (TPSA) is 56.3 Å². The average Bonchev–Trinajstić information content (AvgIpc) is 2.57. The normalized spacial score (nSPS) is 12.1. The van der Waals surface area contributed by atoms with E-state index in [2.05, 4.69) is 6.07 Å². The van der Waals surface area contributed by atoms with Gasteiger partial charge in [-0.25, -0.2) is 0 Å². The maximum atomic E-state index is 10.6. The van der Waals surface area contributed by atoms with E-state index in [0.717, 1.165) is 22.1 Å². The second-order valence-electron chi connectivity index (χ2n) is 4.57. The standard InChI is InChI=1S/C14H15NO3/c1-8-5-12-11(4)13(7-10(3)15(16)17)18-14(12)6-9(8)2/h5-7H,1-4H3/b10-7+. The van der Waals surface area contributed by atoms with Crippen molar-refractivity contribution in [2.75, 3.05) is 0 Å². The van der Waals surface area contributed by atoms with Gasteiger partial charge in [0.1, 0.15) is 11.3 Å². The van der Waals surface area contributed by atoms with Crippen molar-refractivity contribution in [3.05, 3.63) is 50.4 Å². The number of benzene rings is 1. The minimum absolute atomic E-state index is 0.0746. The van der Waals surface area contributed by atoms with Crippen LogP contribution in [0.15, 0.2) is 22.2 Å². The molecule has 0 aliphatic carbocycles. The molecule has 0 amide bonds. The molecule has 0 spiro atoms. The fourth-order valence-electron chi connectivity index (χ4n) is 1.88. The van der Waals surface area contributed by atoms with Gasteiger partial charge in [0.25, 0.3) is 0 Å². The van der Waals surface area contributed by atoms with Crippen LogP contribution in [-0.4, -0.2) is 4.92 Å². The van der Waals surface area contributed by atoms with Gasteiger partial charge < -0.3 is 4.42 Å². The van der Waals surface area contributed by atoms with Crippen LogP contribution in [0.2, 0.25) is 0 Å². The number of aryl methyl sites for hydroxylation is 3. The van der Waals surface area contributed by atoms with Crippen LogP contribution in [0.3, 0.4) is 0 Å². The Kier molecular flexibility index (Phi) is 2.95. The van der Waals surface area contributed by atoms with E-state index in [4.69, 9.17) is 4.42 Å². The lowest BCUT2D eigenvalue weighted by Crippen LogP contribution is -1.92. The maximum Gasteiger partial charge on any atom is 0.246 e. The van der Waals surface area contributed by atoms with Crippen molar-refractivity contribution in [2.24, 2.45) is 0 Å². The van der Waals surface area contributed by atoms with Gasteiger partial charge in [-0.1, -0.05) is 0 Å². The summed E-state index contributed by atoms with van der Waals surface area (Å²) in [4.78, 5) is 10.2. The molecule has 4 nitrogen and oxygen atoms in total. The maximum absolute atomic E-state index is 10.6. The third-order valence-electron chi connectivity index (χ3n) is 3.22. The van der Waals surface area contributed by atoms with Crippen molar-refractivity contribution < 1.29 is 9.34 Å². The van der Waals surface area contributed by atoms with Gasteiger partial charge in [-0.2, -0.15) is 0 Å². The molecule has 0 saturated heterocycles. The van der Waals surface area contributed by atoms with Crippen LogP contribution in [0.5, 0.6) is 0 Å². The lowest BCUT2D eigenvalue weighted by Gasteiger charge is -1.98. The molecule has 2 aromatic rings. The predicted molar refractivity (Wildman–Crippen MR) is 71.1 cm³/mol. The lowest BCUT2D eigenvalue weighted by atomic mass is 10.0. The molecule has 1 aromatic heterocycles. The number of hydrogen-bond acceptors (Lipinski definition) is 3. The number of hydrogen-bond donors (Lipinski definition) is 0. The van der Waals surface area contributed by atoms with E-state index < -0.39 is 4.92 Å². The summed E-state index contributed by atoms with van der Waals surface area (Å²) in [7, 11) is 0. The largest absolute Gasteiger partial charge is 0.456 e. The summed E-state index contributed by atoms with van der Waals surface area (Å²) in [5, 5.41) is 11.6. The highest BCUT2D eigenvalue weighted by Gasteiger charge is 2.12. The Hall–Kier alpha value is -2.10. The smallest absolute Gasteiger partial charge is 0.246 e. The number of nitro groups is 1. The molecule has 0 atom stereocenters. The van der Waals surface area contributed by atoms with Crippen LogP contribution in [0.1, 0.15) is 29.4 Å². The Morgan fingerprint density at radius 3 is 2.50 bits per heavy atom. The van der Waals surface area contributed by atoms with Crippen molar-refractivity contribution in [1.29, 1.82) is 0 Å². The number of rotatable bonds is 2. The lowest BCUT2D eigenvalue weighted by molar-refractivity contribution is -0.422. The predicted octanol–water partition coefficient (Wildman–Crippen LogP) is 4.00. The molecule has 4 heteroatoms. The average molecular weight is 245 g/mol. The molecule has 0 aliphatic heterocycles. The molecular formula is C14H15NO3. The van der Waals surface area contributed by atoms with E-state index in [1.165, 1.54) is 18.6 Å². The Labute approximate surface area is 105 Å². The van der Waals surface area contributed by atoms with Gasteiger partial charge in [0.2, 0.25) is 5.70 Å². The van der Waals surface area contributed by atoms with Crippen molar-refractivity contribution in [1.82, 2.24) is 0 Å². The molecule has 0 radical (unpaired) electrons. The first-order valence-electron chi connectivity index (χ1n) is 5.73. The van der Waals surface area contributed by atoms with Gasteiger partial charge in [0.05, 0.1) is 11.0 Å². The molecule has 0 aliphatic rings. The Morgan fingerprint density at radius 1 is 1.28 bits per heavy atom. The van der Waals surface area contributed by atoms with Crippen LogP contribution in [0, 0.1) is 30.9 Å². The fourth-order valence-corrected chi connectivity index (χ4v) is 1.88. The monoisotopic (exact) mass is 245 g/mol. The minimum Gasteiger partial charge on any atom is -0.456 e. The van der Waals surface area contributed by atoms with Gasteiger partial charge >= 0.3 is 0 Å². The summed E-state index contributed by atoms with van der Waals surface area (Å²) < 4.78 is 5.67. The summed E-state index contributed by atoms with van der Waals surface area (Å²) in [5.41, 5.74) is 4.13. The minimum atomic E-state index is -0.414. The molecule has 0 bridgehead atoms. The highest BCUT2D eigenvalue weighted by molar-refractivity contribution is 5.85. The van der Waals surface area contributed by atoms with Crippen molar-refractivity contribution >= 4 is 17.0 Å². The molecule has 0 N–H and O–H groups in total. The van der Waals surface area contributed by atoms with Crippen molar-refractivity contribution in [2.45, 2.75) is 27.7 Å². The third-order valence-corrected chi connectivity index (χ3v) is 3.22. The first kappa shape index (κ1) is 12.4. The number of fused-ring (bicyclic) bond motifs is 1. The third kappa shape index (κ3) is 2.01. The van der Waals surface area contributed by atoms with E-state index in [1.807, 2.05) is 26.8 Å². The number of furan rings is 1. The zero-order chi connectivity index (χ0) is 13.4. The summed E-state index contributed by atoms with van der Waals surface area (Å²) in [6.45, 7) is 7.44. The first-order chi connectivity index (χ1) is 8.40. The highest BCUT2D eigenvalue weighted by Crippen LogP contribution is 2.29. The number of nitrogens with zero attached hydrogens (tertiary/aromatic N) is 1. The van der Waals surface area contributed by atoms with Crippen LogP contribution in [0.25, 0.3) is 17.0 Å². The molecule has 2 rings (SSSR count). The van der Waals surface area contributed by atoms with Gasteiger partial charge in [-0.05, 0) is 44.0 Å².